The summed E-state index contributed by atoms with van der Waals surface area (Å²) >= 11 is 0. The highest BCUT2D eigenvalue weighted by molar-refractivity contribution is 5.81. The number of methoxy groups -OCH3 is 1. The molecule has 2 atom stereocenters. The van der Waals surface area contributed by atoms with Crippen LogP contribution in [0.25, 0.3) is 0 Å². The van der Waals surface area contributed by atoms with Gasteiger partial charge in [-0.25, -0.2) is 0 Å². The number of ether oxygens (including phenoxy) is 1. The van der Waals surface area contributed by atoms with E-state index in [2.05, 4.69) is 18.9 Å². The molecule has 1 fully saturated rings. The molecular weight excluding hydrogens is 206 g/mol. The number of nitrogens with two attached hydrogens (primary N) is 1. The lowest BCUT2D eigenvalue weighted by Gasteiger charge is -2.40. The van der Waals surface area contributed by atoms with Gasteiger partial charge in [0.25, 0.3) is 5.91 Å². The highest BCUT2D eigenvalue weighted by Gasteiger charge is 2.29. The Hall–Kier alpha value is -0.650. The minimum absolute atomic E-state index is 0.0246. The molecule has 0 saturated carbocycles. The number of rotatable bonds is 4. The Morgan fingerprint density at radius 3 is 2.75 bits per heavy atom. The molecule has 0 bridgehead atoms. The first kappa shape index (κ1) is 13.4. The van der Waals surface area contributed by atoms with Crippen molar-refractivity contribution in [3.8, 4) is 0 Å². The number of piperazine rings is 1. The van der Waals surface area contributed by atoms with E-state index in [0.717, 1.165) is 26.1 Å². The van der Waals surface area contributed by atoms with Gasteiger partial charge in [0.1, 0.15) is 6.10 Å². The first-order valence-electron chi connectivity index (χ1n) is 5.85. The fourth-order valence-electron chi connectivity index (χ4n) is 2.09. The summed E-state index contributed by atoms with van der Waals surface area (Å²) in [6.45, 7) is 4.87. The van der Waals surface area contributed by atoms with E-state index in [4.69, 9.17) is 10.5 Å². The molecule has 0 aliphatic carbocycles. The fourth-order valence-corrected chi connectivity index (χ4v) is 2.09. The second-order valence-electron chi connectivity index (χ2n) is 4.29. The van der Waals surface area contributed by atoms with Crippen LogP contribution in [-0.4, -0.2) is 68.2 Å². The maximum Gasteiger partial charge on any atom is 0.253 e. The first-order valence-corrected chi connectivity index (χ1v) is 5.85. The quantitative estimate of drug-likeness (QED) is 0.707. The van der Waals surface area contributed by atoms with Crippen molar-refractivity contribution in [2.75, 3.05) is 40.3 Å². The van der Waals surface area contributed by atoms with Gasteiger partial charge in [-0.1, -0.05) is 6.92 Å². The van der Waals surface area contributed by atoms with Gasteiger partial charge < -0.3 is 15.4 Å². The van der Waals surface area contributed by atoms with Crippen molar-refractivity contribution in [1.82, 2.24) is 9.80 Å². The standard InChI is InChI=1S/C11H23N3O2/c1-4-9-8-14(6-5-13(9)2)11(15)10(7-12)16-3/h9-10H,4-8,12H2,1-3H3. The zero-order valence-corrected chi connectivity index (χ0v) is 10.5. The van der Waals surface area contributed by atoms with Crippen molar-refractivity contribution in [2.45, 2.75) is 25.5 Å². The van der Waals surface area contributed by atoms with Crippen molar-refractivity contribution >= 4 is 5.91 Å². The summed E-state index contributed by atoms with van der Waals surface area (Å²) in [6, 6.07) is 0.452. The molecule has 0 aromatic heterocycles. The largest absolute Gasteiger partial charge is 0.370 e. The summed E-state index contributed by atoms with van der Waals surface area (Å²) in [6.07, 6.45) is 0.571. The normalized spacial score (nSPS) is 24.5. The van der Waals surface area contributed by atoms with Gasteiger partial charge >= 0.3 is 0 Å². The summed E-state index contributed by atoms with van der Waals surface area (Å²) in [4.78, 5) is 16.2. The van der Waals surface area contributed by atoms with Crippen LogP contribution in [-0.2, 0) is 9.53 Å². The van der Waals surface area contributed by atoms with Crippen LogP contribution < -0.4 is 5.73 Å². The Kier molecular flexibility index (Phi) is 5.18. The van der Waals surface area contributed by atoms with E-state index in [0.29, 0.717) is 6.04 Å². The Labute approximate surface area is 97.5 Å². The van der Waals surface area contributed by atoms with Gasteiger partial charge in [0.05, 0.1) is 0 Å². The molecule has 1 saturated heterocycles. The molecule has 0 aromatic rings. The van der Waals surface area contributed by atoms with E-state index in [9.17, 15) is 4.79 Å². The van der Waals surface area contributed by atoms with E-state index >= 15 is 0 Å². The fraction of sp³-hybridized carbons (Fsp3) is 0.909. The maximum atomic E-state index is 12.0. The lowest BCUT2D eigenvalue weighted by molar-refractivity contribution is -0.144. The molecule has 0 spiro atoms. The predicted octanol–water partition coefficient (Wildman–Crippen LogP) is -0.487. The van der Waals surface area contributed by atoms with E-state index in [1.165, 1.54) is 7.11 Å². The second-order valence-corrected chi connectivity index (χ2v) is 4.29. The Balaban J connectivity index is 2.57. The smallest absolute Gasteiger partial charge is 0.253 e. The second kappa shape index (κ2) is 6.18. The van der Waals surface area contributed by atoms with Crippen LogP contribution >= 0.6 is 0 Å². The van der Waals surface area contributed by atoms with Gasteiger partial charge in [0.15, 0.2) is 0 Å². The molecule has 1 heterocycles. The van der Waals surface area contributed by atoms with Gasteiger partial charge in [-0.05, 0) is 13.5 Å². The van der Waals surface area contributed by atoms with Crippen molar-refractivity contribution in [2.24, 2.45) is 5.73 Å². The molecule has 1 aliphatic rings. The maximum absolute atomic E-state index is 12.0. The summed E-state index contributed by atoms with van der Waals surface area (Å²) in [5.74, 6) is 0.0246. The predicted molar refractivity (Wildman–Crippen MR) is 63.1 cm³/mol. The van der Waals surface area contributed by atoms with E-state index < -0.39 is 6.10 Å². The average molecular weight is 229 g/mol. The Morgan fingerprint density at radius 1 is 1.56 bits per heavy atom. The third kappa shape index (κ3) is 2.93. The van der Waals surface area contributed by atoms with Gasteiger partial charge in [0.2, 0.25) is 0 Å². The van der Waals surface area contributed by atoms with E-state index in [1.54, 1.807) is 0 Å². The van der Waals surface area contributed by atoms with E-state index in [1.807, 2.05) is 4.90 Å². The van der Waals surface area contributed by atoms with Crippen LogP contribution in [0.3, 0.4) is 0 Å². The minimum atomic E-state index is -0.485. The molecule has 1 rings (SSSR count). The zero-order valence-electron chi connectivity index (χ0n) is 10.5. The van der Waals surface area contributed by atoms with Crippen LogP contribution in [0, 0.1) is 0 Å². The highest BCUT2D eigenvalue weighted by atomic mass is 16.5. The molecule has 5 nitrogen and oxygen atoms in total. The van der Waals surface area contributed by atoms with E-state index in [-0.39, 0.29) is 12.5 Å². The molecule has 2 N–H and O–H groups in total. The summed E-state index contributed by atoms with van der Waals surface area (Å²) in [5, 5.41) is 0. The third-order valence-electron chi connectivity index (χ3n) is 3.33. The summed E-state index contributed by atoms with van der Waals surface area (Å²) in [7, 11) is 3.63. The SMILES string of the molecule is CCC1CN(C(=O)C(CN)OC)CCN1C. The molecule has 16 heavy (non-hydrogen) atoms. The number of carbonyl (C=O) groups is 1. The van der Waals surface area contributed by atoms with Crippen molar-refractivity contribution in [3.63, 3.8) is 0 Å². The average Bonchev–Trinajstić information content (AvgIpc) is 2.31. The lowest BCUT2D eigenvalue weighted by atomic mass is 10.1. The molecule has 0 aromatic carbocycles. The zero-order chi connectivity index (χ0) is 12.1. The van der Waals surface area contributed by atoms with Gasteiger partial charge in [0, 0.05) is 39.3 Å². The Bertz CT molecular complexity index is 231. The monoisotopic (exact) mass is 229 g/mol. The van der Waals surface area contributed by atoms with Crippen LogP contribution in [0.15, 0.2) is 0 Å². The third-order valence-corrected chi connectivity index (χ3v) is 3.33. The number of carbonyl (C=O) groups excluding carboxylic acids is 1. The van der Waals surface area contributed by atoms with Gasteiger partial charge in [-0.3, -0.25) is 9.69 Å². The lowest BCUT2D eigenvalue weighted by Crippen LogP contribution is -2.56. The molecule has 1 aliphatic heterocycles. The van der Waals surface area contributed by atoms with Crippen LogP contribution in [0.1, 0.15) is 13.3 Å². The van der Waals surface area contributed by atoms with Crippen molar-refractivity contribution < 1.29 is 9.53 Å². The number of nitrogens with zero attached hydrogens (tertiary/aromatic N) is 2. The number of hydrogen-bond donors (Lipinski definition) is 1. The molecule has 0 radical (unpaired) electrons. The van der Waals surface area contributed by atoms with Crippen molar-refractivity contribution in [3.05, 3.63) is 0 Å². The molecule has 94 valence electrons. The number of likely N-dealkylation sites (N-methyl/N-ethyl adjacent to an activating group) is 1. The van der Waals surface area contributed by atoms with Crippen LogP contribution in [0.2, 0.25) is 0 Å². The number of amides is 1. The summed E-state index contributed by atoms with van der Waals surface area (Å²) < 4.78 is 5.08. The molecule has 1 amide bonds. The number of hydrogen-bond acceptors (Lipinski definition) is 4. The van der Waals surface area contributed by atoms with Gasteiger partial charge in [-0.15, -0.1) is 0 Å². The van der Waals surface area contributed by atoms with Gasteiger partial charge in [-0.2, -0.15) is 0 Å². The summed E-state index contributed by atoms with van der Waals surface area (Å²) in [5.41, 5.74) is 5.50. The van der Waals surface area contributed by atoms with Crippen LogP contribution in [0.4, 0.5) is 0 Å². The first-order chi connectivity index (χ1) is 7.63. The minimum Gasteiger partial charge on any atom is -0.370 e. The Morgan fingerprint density at radius 2 is 2.25 bits per heavy atom. The molecule has 2 unspecified atom stereocenters. The van der Waals surface area contributed by atoms with Crippen LogP contribution in [0.5, 0.6) is 0 Å². The topological polar surface area (TPSA) is 58.8 Å². The van der Waals surface area contributed by atoms with Crippen molar-refractivity contribution in [1.29, 1.82) is 0 Å². The highest BCUT2D eigenvalue weighted by Crippen LogP contribution is 2.12. The molecular formula is C11H23N3O2. The molecule has 5 heteroatoms.